The average molecular weight is 258 g/mol. The van der Waals surface area contributed by atoms with Crippen LogP contribution in [0.25, 0.3) is 0 Å². The van der Waals surface area contributed by atoms with Gasteiger partial charge in [-0.25, -0.2) is 0 Å². The number of amides is 1. The molecular weight excluding hydrogens is 240 g/mol. The summed E-state index contributed by atoms with van der Waals surface area (Å²) >= 11 is 0. The van der Waals surface area contributed by atoms with Crippen LogP contribution in [-0.2, 0) is 0 Å². The minimum Gasteiger partial charge on any atom is -0.370 e. The first kappa shape index (κ1) is 12.0. The van der Waals surface area contributed by atoms with Crippen molar-refractivity contribution in [3.8, 4) is 0 Å². The number of likely N-dealkylation sites (tertiary alicyclic amines) is 1. The number of nitrogens with one attached hydrogen (secondary N) is 1. The van der Waals surface area contributed by atoms with Gasteiger partial charge in [-0.15, -0.1) is 0 Å². The maximum Gasteiger partial charge on any atom is 0.253 e. The number of aliphatic imine (C=N–C) groups is 1. The Morgan fingerprint density at radius 2 is 1.95 bits per heavy atom. The molecule has 3 rings (SSSR count). The zero-order valence-electron chi connectivity index (χ0n) is 10.8. The lowest BCUT2D eigenvalue weighted by Gasteiger charge is -2.39. The molecule has 2 aliphatic heterocycles. The monoisotopic (exact) mass is 258 g/mol. The summed E-state index contributed by atoms with van der Waals surface area (Å²) in [6.07, 6.45) is 1.80. The number of hydrogen-bond donors (Lipinski definition) is 2. The molecule has 1 amide bonds. The molecule has 1 aromatic rings. The molecule has 2 heterocycles. The lowest BCUT2D eigenvalue weighted by Crippen LogP contribution is -2.55. The Morgan fingerprint density at radius 1 is 1.26 bits per heavy atom. The summed E-state index contributed by atoms with van der Waals surface area (Å²) in [7, 11) is 0. The van der Waals surface area contributed by atoms with Crippen LogP contribution in [0.15, 0.2) is 35.3 Å². The van der Waals surface area contributed by atoms with Crippen LogP contribution in [0, 0.1) is 0 Å². The predicted molar refractivity (Wildman–Crippen MR) is 73.9 cm³/mol. The molecule has 1 aromatic carbocycles. The van der Waals surface area contributed by atoms with Crippen LogP contribution < -0.4 is 11.1 Å². The van der Waals surface area contributed by atoms with Crippen LogP contribution >= 0.6 is 0 Å². The topological polar surface area (TPSA) is 70.7 Å². The Balaban J connectivity index is 1.63. The molecule has 0 saturated carbocycles. The fourth-order valence-electron chi connectivity index (χ4n) is 2.77. The van der Waals surface area contributed by atoms with Crippen molar-refractivity contribution >= 4 is 11.9 Å². The van der Waals surface area contributed by atoms with Crippen molar-refractivity contribution < 1.29 is 4.79 Å². The average Bonchev–Trinajstić information content (AvgIpc) is 2.81. The van der Waals surface area contributed by atoms with Gasteiger partial charge in [0.1, 0.15) is 0 Å². The number of benzene rings is 1. The van der Waals surface area contributed by atoms with E-state index >= 15 is 0 Å². The van der Waals surface area contributed by atoms with E-state index in [1.165, 1.54) is 0 Å². The van der Waals surface area contributed by atoms with E-state index in [2.05, 4.69) is 10.3 Å². The quantitative estimate of drug-likeness (QED) is 0.774. The van der Waals surface area contributed by atoms with Crippen LogP contribution in [0.5, 0.6) is 0 Å². The minimum absolute atomic E-state index is 0.0163. The molecule has 2 aliphatic rings. The third-order valence-corrected chi connectivity index (χ3v) is 3.97. The number of piperidine rings is 1. The molecular formula is C14H18N4O. The van der Waals surface area contributed by atoms with Crippen molar-refractivity contribution in [3.63, 3.8) is 0 Å². The highest BCUT2D eigenvalue weighted by molar-refractivity contribution is 5.94. The van der Waals surface area contributed by atoms with Crippen LogP contribution in [0.1, 0.15) is 23.2 Å². The third-order valence-electron chi connectivity index (χ3n) is 3.97. The van der Waals surface area contributed by atoms with E-state index < -0.39 is 0 Å². The summed E-state index contributed by atoms with van der Waals surface area (Å²) in [6.45, 7) is 2.24. The van der Waals surface area contributed by atoms with Crippen LogP contribution in [0.3, 0.4) is 0 Å². The summed E-state index contributed by atoms with van der Waals surface area (Å²) in [5.74, 6) is 0.644. The lowest BCUT2D eigenvalue weighted by molar-refractivity contribution is 0.0668. The van der Waals surface area contributed by atoms with Gasteiger partial charge >= 0.3 is 0 Å². The summed E-state index contributed by atoms with van der Waals surface area (Å²) in [4.78, 5) is 18.5. The van der Waals surface area contributed by atoms with E-state index in [4.69, 9.17) is 5.73 Å². The van der Waals surface area contributed by atoms with Gasteiger partial charge in [-0.1, -0.05) is 18.2 Å². The highest BCUT2D eigenvalue weighted by Gasteiger charge is 2.39. The number of carbonyl (C=O) groups excluding carboxylic acids is 1. The van der Waals surface area contributed by atoms with Gasteiger partial charge in [-0.2, -0.15) is 0 Å². The fraction of sp³-hybridized carbons (Fsp3) is 0.429. The Kier molecular flexibility index (Phi) is 2.89. The number of guanidine groups is 1. The SMILES string of the molecule is NC1=NCC2(CCN(C(=O)c3ccccc3)CC2)N1. The van der Waals surface area contributed by atoms with Gasteiger partial charge in [-0.3, -0.25) is 9.79 Å². The van der Waals surface area contributed by atoms with Crippen molar-refractivity contribution in [2.45, 2.75) is 18.4 Å². The van der Waals surface area contributed by atoms with Crippen LogP contribution in [0.2, 0.25) is 0 Å². The van der Waals surface area contributed by atoms with Crippen molar-refractivity contribution in [3.05, 3.63) is 35.9 Å². The van der Waals surface area contributed by atoms with E-state index in [9.17, 15) is 4.79 Å². The Labute approximate surface area is 112 Å². The molecule has 0 atom stereocenters. The zero-order valence-corrected chi connectivity index (χ0v) is 10.8. The van der Waals surface area contributed by atoms with Crippen LogP contribution in [-0.4, -0.2) is 41.9 Å². The Bertz CT molecular complexity index is 503. The molecule has 0 radical (unpaired) electrons. The van der Waals surface area contributed by atoms with Crippen molar-refractivity contribution in [2.75, 3.05) is 19.6 Å². The first-order chi connectivity index (χ1) is 9.19. The normalized spacial score (nSPS) is 21.1. The summed E-state index contributed by atoms with van der Waals surface area (Å²) in [5, 5.41) is 3.26. The second-order valence-corrected chi connectivity index (χ2v) is 5.27. The first-order valence-electron chi connectivity index (χ1n) is 6.61. The summed E-state index contributed by atoms with van der Waals surface area (Å²) < 4.78 is 0. The largest absolute Gasteiger partial charge is 0.370 e. The van der Waals surface area contributed by atoms with E-state index in [0.717, 1.165) is 38.0 Å². The maximum atomic E-state index is 12.3. The molecule has 100 valence electrons. The highest BCUT2D eigenvalue weighted by atomic mass is 16.2. The van der Waals surface area contributed by atoms with E-state index in [1.54, 1.807) is 0 Å². The van der Waals surface area contributed by atoms with E-state index in [1.807, 2.05) is 35.2 Å². The molecule has 0 unspecified atom stereocenters. The molecule has 3 N–H and O–H groups in total. The predicted octanol–water partition coefficient (Wildman–Crippen LogP) is 0.579. The second kappa shape index (κ2) is 4.57. The van der Waals surface area contributed by atoms with Gasteiger partial charge in [-0.05, 0) is 25.0 Å². The summed E-state index contributed by atoms with van der Waals surface area (Å²) in [5.41, 5.74) is 6.43. The number of nitrogens with zero attached hydrogens (tertiary/aromatic N) is 2. The van der Waals surface area contributed by atoms with Gasteiger partial charge in [0, 0.05) is 18.7 Å². The zero-order chi connectivity index (χ0) is 13.3. The van der Waals surface area contributed by atoms with Crippen molar-refractivity contribution in [2.24, 2.45) is 10.7 Å². The molecule has 5 nitrogen and oxygen atoms in total. The number of hydrogen-bond acceptors (Lipinski definition) is 4. The lowest BCUT2D eigenvalue weighted by atomic mass is 9.88. The number of rotatable bonds is 1. The standard InChI is InChI=1S/C14H18N4O/c15-13-16-10-14(17-13)6-8-18(9-7-14)12(19)11-4-2-1-3-5-11/h1-5H,6-10H2,(H3,15,16,17). The molecule has 1 fully saturated rings. The van der Waals surface area contributed by atoms with Crippen molar-refractivity contribution in [1.29, 1.82) is 0 Å². The fourth-order valence-corrected chi connectivity index (χ4v) is 2.77. The Hall–Kier alpha value is -2.04. The molecule has 1 spiro atoms. The van der Waals surface area contributed by atoms with E-state index in [0.29, 0.717) is 5.96 Å². The van der Waals surface area contributed by atoms with Gasteiger partial charge in [0.25, 0.3) is 5.91 Å². The molecule has 0 aromatic heterocycles. The molecule has 19 heavy (non-hydrogen) atoms. The van der Waals surface area contributed by atoms with Gasteiger partial charge < -0.3 is 16.0 Å². The van der Waals surface area contributed by atoms with Gasteiger partial charge in [0.15, 0.2) is 5.96 Å². The second-order valence-electron chi connectivity index (χ2n) is 5.27. The first-order valence-corrected chi connectivity index (χ1v) is 6.61. The van der Waals surface area contributed by atoms with E-state index in [-0.39, 0.29) is 11.4 Å². The number of nitrogens with two attached hydrogens (primary N) is 1. The molecule has 0 aliphatic carbocycles. The highest BCUT2D eigenvalue weighted by Crippen LogP contribution is 2.26. The smallest absolute Gasteiger partial charge is 0.253 e. The minimum atomic E-state index is -0.0163. The molecule has 0 bridgehead atoms. The van der Waals surface area contributed by atoms with Gasteiger partial charge in [0.05, 0.1) is 12.1 Å². The third kappa shape index (κ3) is 2.28. The molecule has 5 heteroatoms. The summed E-state index contributed by atoms with van der Waals surface area (Å²) in [6, 6.07) is 9.44. The van der Waals surface area contributed by atoms with Crippen LogP contribution in [0.4, 0.5) is 0 Å². The Morgan fingerprint density at radius 3 is 2.53 bits per heavy atom. The number of carbonyl (C=O) groups is 1. The molecule has 1 saturated heterocycles. The maximum absolute atomic E-state index is 12.3. The van der Waals surface area contributed by atoms with Crippen molar-refractivity contribution in [1.82, 2.24) is 10.2 Å². The van der Waals surface area contributed by atoms with Gasteiger partial charge in [0.2, 0.25) is 0 Å².